The van der Waals surface area contributed by atoms with Gasteiger partial charge in [0.1, 0.15) is 0 Å². The van der Waals surface area contributed by atoms with Crippen molar-refractivity contribution in [3.05, 3.63) is 0 Å². The van der Waals surface area contributed by atoms with Crippen LogP contribution in [0.2, 0.25) is 0 Å². The first-order chi connectivity index (χ1) is 4.00. The van der Waals surface area contributed by atoms with Crippen LogP contribution in [0.25, 0.3) is 0 Å². The summed E-state index contributed by atoms with van der Waals surface area (Å²) in [4.78, 5) is 51.3. The number of rotatable bonds is 0. The summed E-state index contributed by atoms with van der Waals surface area (Å²) in [5.74, 6) is 0. The molecule has 0 saturated heterocycles. The van der Waals surface area contributed by atoms with E-state index in [1.165, 1.54) is 0 Å². The van der Waals surface area contributed by atoms with Crippen LogP contribution >= 0.6 is 15.6 Å². The predicted octanol–water partition coefficient (Wildman–Crippen LogP) is -8.96. The molecule has 0 aliphatic rings. The Kier molecular flexibility index (Phi) is 96.4. The van der Waals surface area contributed by atoms with E-state index in [0.29, 0.717) is 0 Å². The van der Waals surface area contributed by atoms with Crippen LogP contribution in [-0.4, -0.2) is 21.9 Å². The number of hydrogen-bond donors (Lipinski definition) is 0. The summed E-state index contributed by atoms with van der Waals surface area (Å²) >= 11 is 0. The van der Waals surface area contributed by atoms with Gasteiger partial charge in [-0.15, -0.1) is 0 Å². The van der Waals surface area contributed by atoms with Gasteiger partial charge in [-0.2, -0.15) is 15.6 Å². The maximum absolute atomic E-state index is 8.55. The van der Waals surface area contributed by atoms with Gasteiger partial charge in [0.15, 0.2) is 0 Å². The largest absolute Gasteiger partial charge is 2.00 e. The van der Waals surface area contributed by atoms with Crippen LogP contribution in [0.4, 0.5) is 0 Å². The first-order valence-corrected chi connectivity index (χ1v) is 4.38. The van der Waals surface area contributed by atoms with Crippen LogP contribution in [-0.2, 0) is 59.5 Å². The summed E-state index contributed by atoms with van der Waals surface area (Å²) in [6.07, 6.45) is 0. The Morgan fingerprint density at radius 3 is 0.471 bits per heavy atom. The molecule has 17 heavy (non-hydrogen) atoms. The summed E-state index contributed by atoms with van der Waals surface area (Å²) in [5, 5.41) is 0. The van der Waals surface area contributed by atoms with Gasteiger partial charge in [-0.05, 0) is 0 Å². The van der Waals surface area contributed by atoms with Crippen molar-refractivity contribution in [2.45, 2.75) is 0 Å². The van der Waals surface area contributed by atoms with E-state index in [1.54, 1.807) is 0 Å². The standard InChI is InChI=1S/3Co.2H3O4P.4H2O/c;;;2*1-5(2,3)4;;;;/h;;;2*(H3,1,2,3,4);4*1H2/q3*+2;;;;;;/p-6. The number of phosphoric acid groups is 2. The average Bonchev–Trinajstić information content (AvgIpc) is 1.12. The molecular formula is H8Co3O12P2. The van der Waals surface area contributed by atoms with E-state index in [2.05, 4.69) is 0 Å². The molecule has 0 amide bonds. The van der Waals surface area contributed by atoms with Gasteiger partial charge in [0.25, 0.3) is 0 Å². The van der Waals surface area contributed by atoms with Crippen molar-refractivity contribution in [2.24, 2.45) is 0 Å². The van der Waals surface area contributed by atoms with Crippen LogP contribution in [0.3, 0.4) is 0 Å². The average molecular weight is 439 g/mol. The van der Waals surface area contributed by atoms with E-state index in [-0.39, 0.29) is 72.2 Å². The van der Waals surface area contributed by atoms with Crippen LogP contribution in [0.5, 0.6) is 0 Å². The molecule has 0 rings (SSSR count). The van der Waals surface area contributed by atoms with E-state index in [0.717, 1.165) is 0 Å². The monoisotopic (exact) mass is 439 g/mol. The fraction of sp³-hybridized carbons (Fsp3) is 0. The normalized spacial score (nSPS) is 6.94. The van der Waals surface area contributed by atoms with Gasteiger partial charge in [-0.3, -0.25) is 0 Å². The van der Waals surface area contributed by atoms with E-state index in [1.807, 2.05) is 0 Å². The molecule has 0 aliphatic heterocycles. The third-order valence-corrected chi connectivity index (χ3v) is 0. The zero-order valence-corrected chi connectivity index (χ0v) is 12.1. The maximum atomic E-state index is 8.55. The molecule has 0 saturated carbocycles. The van der Waals surface area contributed by atoms with Crippen LogP contribution in [0.1, 0.15) is 0 Å². The Labute approximate surface area is 126 Å². The third kappa shape index (κ3) is 1710. The molecule has 0 spiro atoms. The molecule has 0 aromatic heterocycles. The van der Waals surface area contributed by atoms with Gasteiger partial charge >= 0.3 is 50.3 Å². The van der Waals surface area contributed by atoms with Crippen molar-refractivity contribution in [1.29, 1.82) is 0 Å². The van der Waals surface area contributed by atoms with Crippen molar-refractivity contribution in [1.82, 2.24) is 0 Å². The topological polar surface area (TPSA) is 298 Å². The van der Waals surface area contributed by atoms with Crippen LogP contribution < -0.4 is 29.4 Å². The molecule has 0 heterocycles. The van der Waals surface area contributed by atoms with Crippen LogP contribution in [0.15, 0.2) is 0 Å². The van der Waals surface area contributed by atoms with Gasteiger partial charge < -0.3 is 60.4 Å². The van der Waals surface area contributed by atoms with Crippen molar-refractivity contribution >= 4 is 15.6 Å². The van der Waals surface area contributed by atoms with Gasteiger partial charge in [-0.25, -0.2) is 0 Å². The minimum atomic E-state index is -5.39. The van der Waals surface area contributed by atoms with Crippen molar-refractivity contribution in [3.8, 4) is 0 Å². The Morgan fingerprint density at radius 1 is 0.471 bits per heavy atom. The quantitative estimate of drug-likeness (QED) is 0.326. The van der Waals surface area contributed by atoms with Crippen LogP contribution in [0, 0.1) is 0 Å². The predicted molar refractivity (Wildman–Crippen MR) is 29.7 cm³/mol. The first-order valence-electron chi connectivity index (χ1n) is 1.46. The summed E-state index contributed by atoms with van der Waals surface area (Å²) in [7, 11) is -10.8. The smallest absolute Gasteiger partial charge is 0.822 e. The number of hydrogen-bond acceptors (Lipinski definition) is 8. The van der Waals surface area contributed by atoms with E-state index in [4.69, 9.17) is 38.5 Å². The molecule has 0 aromatic rings. The fourth-order valence-corrected chi connectivity index (χ4v) is 0. The molecule has 17 heteroatoms. The molecule has 0 bridgehead atoms. The second-order valence-electron chi connectivity index (χ2n) is 0.894. The minimum absolute atomic E-state index is 0. The summed E-state index contributed by atoms with van der Waals surface area (Å²) in [6.45, 7) is 0. The van der Waals surface area contributed by atoms with E-state index >= 15 is 0 Å². The van der Waals surface area contributed by atoms with Crippen molar-refractivity contribution < 1.29 is 111 Å². The molecule has 117 valence electrons. The summed E-state index contributed by atoms with van der Waals surface area (Å²) < 4.78 is 17.1. The first kappa shape index (κ1) is 62.6. The molecular weight excluding hydrogens is 431 g/mol. The van der Waals surface area contributed by atoms with Gasteiger partial charge in [0, 0.05) is 0 Å². The SMILES string of the molecule is O.O.O.O.O=P([O-])([O-])[O-].O=P([O-])([O-])[O-].[Co+2].[Co+2].[Co+2]. The zero-order chi connectivity index (χ0) is 9.00. The molecule has 0 unspecified atom stereocenters. The maximum Gasteiger partial charge on any atom is 2.00 e. The van der Waals surface area contributed by atoms with E-state index in [9.17, 15) is 0 Å². The molecule has 0 fully saturated rings. The summed E-state index contributed by atoms with van der Waals surface area (Å²) in [6, 6.07) is 0. The molecule has 0 aliphatic carbocycles. The minimum Gasteiger partial charge on any atom is -0.822 e. The fourth-order valence-electron chi connectivity index (χ4n) is 0. The Morgan fingerprint density at radius 2 is 0.471 bits per heavy atom. The Balaban J connectivity index is -0.00000000762. The molecule has 0 aromatic carbocycles. The molecule has 3 radical (unpaired) electrons. The molecule has 12 nitrogen and oxygen atoms in total. The van der Waals surface area contributed by atoms with Crippen molar-refractivity contribution in [3.63, 3.8) is 0 Å². The second-order valence-corrected chi connectivity index (χ2v) is 2.68. The van der Waals surface area contributed by atoms with Gasteiger partial charge in [0.2, 0.25) is 0 Å². The summed E-state index contributed by atoms with van der Waals surface area (Å²) in [5.41, 5.74) is 0. The van der Waals surface area contributed by atoms with Crippen molar-refractivity contribution in [2.75, 3.05) is 0 Å². The zero-order valence-electron chi connectivity index (χ0n) is 7.16. The Hall–Kier alpha value is 1.58. The Bertz CT molecular complexity index is 132. The van der Waals surface area contributed by atoms with E-state index < -0.39 is 15.6 Å². The third-order valence-electron chi connectivity index (χ3n) is 0. The van der Waals surface area contributed by atoms with Gasteiger partial charge in [0.05, 0.1) is 0 Å². The molecule has 0 atom stereocenters. The second kappa shape index (κ2) is 26.2. The van der Waals surface area contributed by atoms with Gasteiger partial charge in [-0.1, -0.05) is 0 Å². The molecule has 8 N–H and O–H groups in total.